The van der Waals surface area contributed by atoms with Gasteiger partial charge in [0.1, 0.15) is 11.9 Å². The lowest BCUT2D eigenvalue weighted by atomic mass is 10.0. The van der Waals surface area contributed by atoms with Gasteiger partial charge in [0.25, 0.3) is 0 Å². The fraction of sp³-hybridized carbons (Fsp3) is 0.188. The van der Waals surface area contributed by atoms with Crippen LogP contribution in [0.4, 0.5) is 10.1 Å². The molecule has 0 aliphatic heterocycles. The standard InChI is InChI=1S/C16H14ClFN2/c1-10-3-4-12(8-15(10)18)11(2)20-16-6-5-14(17)7-13(16)9-19/h3-8,11,20H,1-2H3. The van der Waals surface area contributed by atoms with Gasteiger partial charge in [-0.25, -0.2) is 4.39 Å². The minimum Gasteiger partial charge on any atom is -0.377 e. The number of nitrogens with one attached hydrogen (secondary N) is 1. The lowest BCUT2D eigenvalue weighted by molar-refractivity contribution is 0.614. The van der Waals surface area contributed by atoms with Crippen LogP contribution in [-0.4, -0.2) is 0 Å². The summed E-state index contributed by atoms with van der Waals surface area (Å²) in [6.07, 6.45) is 0. The van der Waals surface area contributed by atoms with Crippen molar-refractivity contribution in [3.63, 3.8) is 0 Å². The molecule has 2 aromatic carbocycles. The van der Waals surface area contributed by atoms with Crippen molar-refractivity contribution in [2.24, 2.45) is 0 Å². The second-order valence-corrected chi connectivity index (χ2v) is 5.11. The molecular weight excluding hydrogens is 275 g/mol. The molecule has 1 unspecified atom stereocenters. The Morgan fingerprint density at radius 1 is 1.25 bits per heavy atom. The van der Waals surface area contributed by atoms with Gasteiger partial charge in [-0.3, -0.25) is 0 Å². The van der Waals surface area contributed by atoms with Crippen LogP contribution >= 0.6 is 11.6 Å². The van der Waals surface area contributed by atoms with Gasteiger partial charge in [-0.2, -0.15) is 5.26 Å². The van der Waals surface area contributed by atoms with Gasteiger partial charge in [0.2, 0.25) is 0 Å². The van der Waals surface area contributed by atoms with Crippen LogP contribution in [0.3, 0.4) is 0 Å². The van der Waals surface area contributed by atoms with Gasteiger partial charge in [-0.15, -0.1) is 0 Å². The second kappa shape index (κ2) is 5.94. The highest BCUT2D eigenvalue weighted by molar-refractivity contribution is 6.30. The van der Waals surface area contributed by atoms with Gasteiger partial charge >= 0.3 is 0 Å². The Bertz CT molecular complexity index is 677. The van der Waals surface area contributed by atoms with E-state index in [1.54, 1.807) is 31.2 Å². The quantitative estimate of drug-likeness (QED) is 0.878. The van der Waals surface area contributed by atoms with Crippen LogP contribution in [0.5, 0.6) is 0 Å². The van der Waals surface area contributed by atoms with Crippen molar-refractivity contribution >= 4 is 17.3 Å². The Hall–Kier alpha value is -2.05. The summed E-state index contributed by atoms with van der Waals surface area (Å²) in [5, 5.41) is 12.8. The van der Waals surface area contributed by atoms with Gasteiger partial charge in [0.15, 0.2) is 0 Å². The number of nitriles is 1. The summed E-state index contributed by atoms with van der Waals surface area (Å²) in [7, 11) is 0. The summed E-state index contributed by atoms with van der Waals surface area (Å²) in [5.41, 5.74) is 2.60. The molecule has 1 N–H and O–H groups in total. The molecule has 1 atom stereocenters. The molecule has 4 heteroatoms. The number of anilines is 1. The Morgan fingerprint density at radius 3 is 2.65 bits per heavy atom. The highest BCUT2D eigenvalue weighted by atomic mass is 35.5. The summed E-state index contributed by atoms with van der Waals surface area (Å²) >= 11 is 5.86. The third-order valence-corrected chi connectivity index (χ3v) is 3.41. The number of rotatable bonds is 3. The topological polar surface area (TPSA) is 35.8 Å². The van der Waals surface area contributed by atoms with Crippen molar-refractivity contribution in [2.75, 3.05) is 5.32 Å². The zero-order chi connectivity index (χ0) is 14.7. The first-order chi connectivity index (χ1) is 9.51. The molecule has 0 amide bonds. The molecule has 0 heterocycles. The third kappa shape index (κ3) is 3.09. The molecule has 0 aliphatic rings. The van der Waals surface area contributed by atoms with Crippen molar-refractivity contribution in [1.82, 2.24) is 0 Å². The Labute approximate surface area is 122 Å². The van der Waals surface area contributed by atoms with Crippen molar-refractivity contribution in [3.8, 4) is 6.07 Å². The lowest BCUT2D eigenvalue weighted by Crippen LogP contribution is -2.08. The van der Waals surface area contributed by atoms with E-state index >= 15 is 0 Å². The maximum Gasteiger partial charge on any atom is 0.126 e. The minimum atomic E-state index is -0.229. The summed E-state index contributed by atoms with van der Waals surface area (Å²) in [5.74, 6) is -0.229. The highest BCUT2D eigenvalue weighted by Gasteiger charge is 2.10. The maximum absolute atomic E-state index is 13.6. The molecule has 20 heavy (non-hydrogen) atoms. The first-order valence-corrected chi connectivity index (χ1v) is 6.61. The average Bonchev–Trinajstić information content (AvgIpc) is 2.43. The summed E-state index contributed by atoms with van der Waals surface area (Å²) in [4.78, 5) is 0. The molecule has 0 saturated carbocycles. The molecule has 0 fully saturated rings. The Morgan fingerprint density at radius 2 is 2.00 bits per heavy atom. The molecule has 0 bridgehead atoms. The molecular formula is C16H14ClFN2. The van der Waals surface area contributed by atoms with E-state index in [1.807, 2.05) is 13.0 Å². The summed E-state index contributed by atoms with van der Waals surface area (Å²) in [6, 6.07) is 12.2. The predicted molar refractivity (Wildman–Crippen MR) is 79.3 cm³/mol. The van der Waals surface area contributed by atoms with Crippen molar-refractivity contribution in [2.45, 2.75) is 19.9 Å². The van der Waals surface area contributed by atoms with Crippen molar-refractivity contribution in [1.29, 1.82) is 5.26 Å². The van der Waals surface area contributed by atoms with Crippen LogP contribution in [0, 0.1) is 24.1 Å². The van der Waals surface area contributed by atoms with E-state index < -0.39 is 0 Å². The molecule has 2 rings (SSSR count). The largest absolute Gasteiger partial charge is 0.377 e. The van der Waals surface area contributed by atoms with E-state index in [1.165, 1.54) is 6.07 Å². The fourth-order valence-corrected chi connectivity index (χ4v) is 2.10. The third-order valence-electron chi connectivity index (χ3n) is 3.17. The lowest BCUT2D eigenvalue weighted by Gasteiger charge is -2.17. The van der Waals surface area contributed by atoms with Gasteiger partial charge in [-0.1, -0.05) is 23.7 Å². The SMILES string of the molecule is Cc1ccc(C(C)Nc2ccc(Cl)cc2C#N)cc1F. The highest BCUT2D eigenvalue weighted by Crippen LogP contribution is 2.25. The number of nitrogens with zero attached hydrogens (tertiary/aromatic N) is 1. The van der Waals surface area contributed by atoms with Gasteiger partial charge in [0, 0.05) is 11.1 Å². The van der Waals surface area contributed by atoms with E-state index in [0.29, 0.717) is 21.8 Å². The van der Waals surface area contributed by atoms with Gasteiger partial charge < -0.3 is 5.32 Å². The first kappa shape index (κ1) is 14.4. The normalized spacial score (nSPS) is 11.8. The predicted octanol–water partition coefficient (Wildman–Crippen LogP) is 4.83. The smallest absolute Gasteiger partial charge is 0.126 e. The fourth-order valence-electron chi connectivity index (χ4n) is 1.93. The van der Waals surface area contributed by atoms with Gasteiger partial charge in [0.05, 0.1) is 11.3 Å². The molecule has 0 radical (unpaired) electrons. The number of hydrogen-bond donors (Lipinski definition) is 1. The van der Waals surface area contributed by atoms with E-state index in [9.17, 15) is 4.39 Å². The number of halogens is 2. The van der Waals surface area contributed by atoms with Crippen LogP contribution in [-0.2, 0) is 0 Å². The molecule has 102 valence electrons. The number of aryl methyl sites for hydroxylation is 1. The summed E-state index contributed by atoms with van der Waals surface area (Å²) in [6.45, 7) is 3.64. The minimum absolute atomic E-state index is 0.113. The van der Waals surface area contributed by atoms with E-state index in [2.05, 4.69) is 11.4 Å². The Kier molecular flexibility index (Phi) is 4.26. The Balaban J connectivity index is 2.25. The number of hydrogen-bond acceptors (Lipinski definition) is 2. The first-order valence-electron chi connectivity index (χ1n) is 6.23. The maximum atomic E-state index is 13.6. The summed E-state index contributed by atoms with van der Waals surface area (Å²) < 4.78 is 13.6. The second-order valence-electron chi connectivity index (χ2n) is 4.68. The van der Waals surface area contributed by atoms with Crippen LogP contribution in [0.1, 0.15) is 29.7 Å². The zero-order valence-electron chi connectivity index (χ0n) is 11.2. The molecule has 0 saturated heterocycles. The molecule has 2 nitrogen and oxygen atoms in total. The molecule has 0 spiro atoms. The number of benzene rings is 2. The van der Waals surface area contributed by atoms with E-state index in [0.717, 1.165) is 5.56 Å². The van der Waals surface area contributed by atoms with Crippen molar-refractivity contribution < 1.29 is 4.39 Å². The van der Waals surface area contributed by atoms with Crippen molar-refractivity contribution in [3.05, 3.63) is 63.9 Å². The van der Waals surface area contributed by atoms with Crippen LogP contribution in [0.2, 0.25) is 5.02 Å². The zero-order valence-corrected chi connectivity index (χ0v) is 12.0. The molecule has 2 aromatic rings. The monoisotopic (exact) mass is 288 g/mol. The van der Waals surface area contributed by atoms with Gasteiger partial charge in [-0.05, 0) is 49.2 Å². The van der Waals surface area contributed by atoms with E-state index in [4.69, 9.17) is 16.9 Å². The van der Waals surface area contributed by atoms with Crippen LogP contribution in [0.25, 0.3) is 0 Å². The average molecular weight is 289 g/mol. The van der Waals surface area contributed by atoms with Crippen LogP contribution < -0.4 is 5.32 Å². The van der Waals surface area contributed by atoms with Crippen LogP contribution in [0.15, 0.2) is 36.4 Å². The molecule has 0 aliphatic carbocycles. The van der Waals surface area contributed by atoms with E-state index in [-0.39, 0.29) is 11.9 Å². The molecule has 0 aromatic heterocycles.